The zero-order chi connectivity index (χ0) is 10.6. The van der Waals surface area contributed by atoms with Gasteiger partial charge < -0.3 is 15.2 Å². The van der Waals surface area contributed by atoms with Crippen molar-refractivity contribution in [2.75, 3.05) is 13.7 Å². The minimum atomic E-state index is -0.222. The standard InChI is InChI=1S/C11H23NO2/c1-8(6-9(2)13)12-11(7-14-3)10-4-5-10/h8-13H,4-7H2,1-3H3. The van der Waals surface area contributed by atoms with Gasteiger partial charge in [-0.3, -0.25) is 0 Å². The van der Waals surface area contributed by atoms with Gasteiger partial charge in [0.25, 0.3) is 0 Å². The summed E-state index contributed by atoms with van der Waals surface area (Å²) >= 11 is 0. The van der Waals surface area contributed by atoms with E-state index in [1.807, 2.05) is 6.92 Å². The van der Waals surface area contributed by atoms with Crippen LogP contribution in [-0.4, -0.2) is 37.0 Å². The molecule has 0 amide bonds. The van der Waals surface area contributed by atoms with Crippen LogP contribution in [0.4, 0.5) is 0 Å². The fraction of sp³-hybridized carbons (Fsp3) is 1.00. The molecule has 1 aliphatic carbocycles. The second kappa shape index (κ2) is 5.69. The number of methoxy groups -OCH3 is 1. The zero-order valence-electron chi connectivity index (χ0n) is 9.49. The van der Waals surface area contributed by atoms with Crippen molar-refractivity contribution in [2.45, 2.75) is 51.3 Å². The van der Waals surface area contributed by atoms with Crippen LogP contribution in [0.15, 0.2) is 0 Å². The molecule has 0 aliphatic heterocycles. The zero-order valence-corrected chi connectivity index (χ0v) is 9.49. The summed E-state index contributed by atoms with van der Waals surface area (Å²) in [7, 11) is 1.75. The van der Waals surface area contributed by atoms with Gasteiger partial charge in [-0.15, -0.1) is 0 Å². The predicted molar refractivity (Wildman–Crippen MR) is 57.3 cm³/mol. The van der Waals surface area contributed by atoms with Gasteiger partial charge in [0.15, 0.2) is 0 Å². The molecule has 1 saturated carbocycles. The summed E-state index contributed by atoms with van der Waals surface area (Å²) in [6.45, 7) is 4.74. The van der Waals surface area contributed by atoms with E-state index in [0.29, 0.717) is 12.1 Å². The molecule has 0 radical (unpaired) electrons. The van der Waals surface area contributed by atoms with Gasteiger partial charge in [-0.25, -0.2) is 0 Å². The highest BCUT2D eigenvalue weighted by atomic mass is 16.5. The summed E-state index contributed by atoms with van der Waals surface area (Å²) in [5, 5.41) is 12.8. The normalized spacial score (nSPS) is 23.1. The molecule has 3 nitrogen and oxygen atoms in total. The topological polar surface area (TPSA) is 41.5 Å². The Hall–Kier alpha value is -0.120. The lowest BCUT2D eigenvalue weighted by molar-refractivity contribution is 0.135. The van der Waals surface area contributed by atoms with Crippen LogP contribution in [-0.2, 0) is 4.74 Å². The molecule has 0 aromatic rings. The number of aliphatic hydroxyl groups is 1. The molecule has 0 spiro atoms. The molecule has 0 bridgehead atoms. The molecule has 3 atom stereocenters. The first-order chi connectivity index (χ1) is 6.63. The van der Waals surface area contributed by atoms with Crippen molar-refractivity contribution in [3.8, 4) is 0 Å². The third-order valence-electron chi connectivity index (χ3n) is 2.73. The average molecular weight is 201 g/mol. The molecule has 0 heterocycles. The Kier molecular flexibility index (Phi) is 4.85. The van der Waals surface area contributed by atoms with E-state index >= 15 is 0 Å². The number of ether oxygens (including phenoxy) is 1. The van der Waals surface area contributed by atoms with Crippen LogP contribution in [0.1, 0.15) is 33.1 Å². The van der Waals surface area contributed by atoms with E-state index in [9.17, 15) is 5.11 Å². The van der Waals surface area contributed by atoms with E-state index in [4.69, 9.17) is 4.74 Å². The molecule has 1 fully saturated rings. The highest BCUT2D eigenvalue weighted by molar-refractivity contribution is 4.87. The highest BCUT2D eigenvalue weighted by Gasteiger charge is 2.31. The van der Waals surface area contributed by atoms with Crippen molar-refractivity contribution >= 4 is 0 Å². The van der Waals surface area contributed by atoms with E-state index in [0.717, 1.165) is 18.9 Å². The lowest BCUT2D eigenvalue weighted by Gasteiger charge is -2.23. The summed E-state index contributed by atoms with van der Waals surface area (Å²) in [5.74, 6) is 0.798. The summed E-state index contributed by atoms with van der Waals surface area (Å²) in [6, 6.07) is 0.851. The number of hydrogen-bond acceptors (Lipinski definition) is 3. The average Bonchev–Trinajstić information content (AvgIpc) is 2.83. The smallest absolute Gasteiger partial charge is 0.0618 e. The van der Waals surface area contributed by atoms with Gasteiger partial charge in [0.05, 0.1) is 12.7 Å². The SMILES string of the molecule is COCC(NC(C)CC(C)O)C1CC1. The Morgan fingerprint density at radius 1 is 1.43 bits per heavy atom. The number of nitrogens with one attached hydrogen (secondary N) is 1. The second-order valence-electron chi connectivity index (χ2n) is 4.55. The first-order valence-corrected chi connectivity index (χ1v) is 5.56. The maximum absolute atomic E-state index is 9.25. The minimum Gasteiger partial charge on any atom is -0.393 e. The highest BCUT2D eigenvalue weighted by Crippen LogP contribution is 2.33. The third kappa shape index (κ3) is 4.40. The molecule has 3 unspecified atom stereocenters. The van der Waals surface area contributed by atoms with Gasteiger partial charge >= 0.3 is 0 Å². The van der Waals surface area contributed by atoms with E-state index in [2.05, 4.69) is 12.2 Å². The van der Waals surface area contributed by atoms with Crippen molar-refractivity contribution in [1.82, 2.24) is 5.32 Å². The second-order valence-corrected chi connectivity index (χ2v) is 4.55. The van der Waals surface area contributed by atoms with Crippen molar-refractivity contribution in [3.05, 3.63) is 0 Å². The maximum Gasteiger partial charge on any atom is 0.0618 e. The molecule has 14 heavy (non-hydrogen) atoms. The van der Waals surface area contributed by atoms with Gasteiger partial charge in [-0.1, -0.05) is 0 Å². The van der Waals surface area contributed by atoms with Gasteiger partial charge in [0, 0.05) is 19.2 Å². The number of rotatable bonds is 7. The van der Waals surface area contributed by atoms with E-state index in [1.54, 1.807) is 7.11 Å². The van der Waals surface area contributed by atoms with Crippen LogP contribution in [0.3, 0.4) is 0 Å². The van der Waals surface area contributed by atoms with Crippen LogP contribution in [0.5, 0.6) is 0 Å². The summed E-state index contributed by atoms with van der Waals surface area (Å²) in [5.41, 5.74) is 0. The van der Waals surface area contributed by atoms with Gasteiger partial charge in [-0.05, 0) is 39.0 Å². The number of hydrogen-bond donors (Lipinski definition) is 2. The van der Waals surface area contributed by atoms with E-state index in [-0.39, 0.29) is 6.10 Å². The Labute approximate surface area is 86.8 Å². The van der Waals surface area contributed by atoms with Crippen LogP contribution in [0.2, 0.25) is 0 Å². The van der Waals surface area contributed by atoms with Crippen molar-refractivity contribution < 1.29 is 9.84 Å². The fourth-order valence-electron chi connectivity index (χ4n) is 1.94. The van der Waals surface area contributed by atoms with E-state index in [1.165, 1.54) is 12.8 Å². The summed E-state index contributed by atoms with van der Waals surface area (Å²) in [6.07, 6.45) is 3.23. The van der Waals surface area contributed by atoms with Crippen molar-refractivity contribution in [2.24, 2.45) is 5.92 Å². The van der Waals surface area contributed by atoms with Crippen LogP contribution < -0.4 is 5.32 Å². The van der Waals surface area contributed by atoms with Gasteiger partial charge in [0.1, 0.15) is 0 Å². The Bertz CT molecular complexity index is 157. The molecule has 3 heteroatoms. The Balaban J connectivity index is 2.23. The summed E-state index contributed by atoms with van der Waals surface area (Å²) < 4.78 is 5.19. The molecule has 0 saturated heterocycles. The lowest BCUT2D eigenvalue weighted by Crippen LogP contribution is -2.42. The third-order valence-corrected chi connectivity index (χ3v) is 2.73. The maximum atomic E-state index is 9.25. The van der Waals surface area contributed by atoms with Crippen LogP contribution in [0, 0.1) is 5.92 Å². The monoisotopic (exact) mass is 201 g/mol. The van der Waals surface area contributed by atoms with Crippen LogP contribution in [0.25, 0.3) is 0 Å². The molecular weight excluding hydrogens is 178 g/mol. The molecule has 1 aliphatic rings. The Morgan fingerprint density at radius 2 is 2.07 bits per heavy atom. The van der Waals surface area contributed by atoms with E-state index < -0.39 is 0 Å². The number of aliphatic hydroxyl groups excluding tert-OH is 1. The van der Waals surface area contributed by atoms with Crippen molar-refractivity contribution in [3.63, 3.8) is 0 Å². The summed E-state index contributed by atoms with van der Waals surface area (Å²) in [4.78, 5) is 0. The molecule has 1 rings (SSSR count). The first kappa shape index (κ1) is 12.0. The molecular formula is C11H23NO2. The first-order valence-electron chi connectivity index (χ1n) is 5.56. The van der Waals surface area contributed by atoms with Crippen LogP contribution >= 0.6 is 0 Å². The van der Waals surface area contributed by atoms with Gasteiger partial charge in [-0.2, -0.15) is 0 Å². The largest absolute Gasteiger partial charge is 0.393 e. The minimum absolute atomic E-state index is 0.222. The molecule has 0 aromatic heterocycles. The van der Waals surface area contributed by atoms with Crippen molar-refractivity contribution in [1.29, 1.82) is 0 Å². The fourth-order valence-corrected chi connectivity index (χ4v) is 1.94. The quantitative estimate of drug-likeness (QED) is 0.649. The molecule has 84 valence electrons. The molecule has 0 aromatic carbocycles. The predicted octanol–water partition coefficient (Wildman–Crippen LogP) is 1.16. The lowest BCUT2D eigenvalue weighted by atomic mass is 10.1. The Morgan fingerprint density at radius 3 is 2.50 bits per heavy atom. The van der Waals surface area contributed by atoms with Gasteiger partial charge in [0.2, 0.25) is 0 Å². The molecule has 2 N–H and O–H groups in total.